The molecule has 0 radical (unpaired) electrons. The number of nitrogens with zero attached hydrogens (tertiary/aromatic N) is 2. The second-order valence-electron chi connectivity index (χ2n) is 3.75. The Morgan fingerprint density at radius 2 is 2.06 bits per heavy atom. The van der Waals surface area contributed by atoms with Crippen LogP contribution in [0.15, 0.2) is 48.8 Å². The van der Waals surface area contributed by atoms with E-state index in [0.29, 0.717) is 11.3 Å². The molecule has 0 spiro atoms. The zero-order valence-electron chi connectivity index (χ0n) is 8.84. The van der Waals surface area contributed by atoms with Crippen LogP contribution < -0.4 is 0 Å². The molecule has 1 N–H and O–H groups in total. The van der Waals surface area contributed by atoms with Crippen molar-refractivity contribution in [1.29, 1.82) is 0 Å². The molecule has 0 fully saturated rings. The van der Waals surface area contributed by atoms with E-state index in [2.05, 4.69) is 4.98 Å². The second-order valence-corrected chi connectivity index (χ2v) is 3.75. The first-order valence-electron chi connectivity index (χ1n) is 5.17. The second kappa shape index (κ2) is 3.59. The molecule has 2 heterocycles. The van der Waals surface area contributed by atoms with E-state index in [1.54, 1.807) is 6.20 Å². The summed E-state index contributed by atoms with van der Waals surface area (Å²) in [4.78, 5) is 4.32. The van der Waals surface area contributed by atoms with Crippen molar-refractivity contribution < 1.29 is 9.50 Å². The number of benzene rings is 1. The van der Waals surface area contributed by atoms with Gasteiger partial charge in [-0.2, -0.15) is 0 Å². The minimum atomic E-state index is -0.394. The third kappa shape index (κ3) is 1.63. The van der Waals surface area contributed by atoms with Crippen LogP contribution in [0.25, 0.3) is 16.9 Å². The summed E-state index contributed by atoms with van der Waals surface area (Å²) >= 11 is 0. The molecule has 0 saturated carbocycles. The van der Waals surface area contributed by atoms with Crippen LogP contribution in [0.4, 0.5) is 4.39 Å². The molecule has 84 valence electrons. The van der Waals surface area contributed by atoms with Crippen molar-refractivity contribution in [3.8, 4) is 17.0 Å². The van der Waals surface area contributed by atoms with E-state index in [1.165, 1.54) is 18.2 Å². The normalized spacial score (nSPS) is 10.9. The molecule has 0 atom stereocenters. The van der Waals surface area contributed by atoms with Crippen LogP contribution in [-0.4, -0.2) is 14.5 Å². The van der Waals surface area contributed by atoms with E-state index >= 15 is 0 Å². The summed E-state index contributed by atoms with van der Waals surface area (Å²) in [6.07, 6.45) is 3.60. The predicted octanol–water partition coefficient (Wildman–Crippen LogP) is 2.85. The maximum absolute atomic E-state index is 13.1. The van der Waals surface area contributed by atoms with Crippen LogP contribution in [0.5, 0.6) is 5.75 Å². The lowest BCUT2D eigenvalue weighted by atomic mass is 10.1. The Kier molecular flexibility index (Phi) is 2.08. The fourth-order valence-corrected chi connectivity index (χ4v) is 1.78. The van der Waals surface area contributed by atoms with E-state index in [4.69, 9.17) is 0 Å². The van der Waals surface area contributed by atoms with Gasteiger partial charge in [0.25, 0.3) is 0 Å². The van der Waals surface area contributed by atoms with E-state index in [0.717, 1.165) is 5.65 Å². The Morgan fingerprint density at radius 3 is 2.88 bits per heavy atom. The van der Waals surface area contributed by atoms with E-state index in [-0.39, 0.29) is 5.75 Å². The third-order valence-electron chi connectivity index (χ3n) is 2.60. The van der Waals surface area contributed by atoms with Crippen LogP contribution in [0.1, 0.15) is 0 Å². The van der Waals surface area contributed by atoms with Crippen molar-refractivity contribution in [1.82, 2.24) is 9.38 Å². The lowest BCUT2D eigenvalue weighted by Gasteiger charge is -2.00. The summed E-state index contributed by atoms with van der Waals surface area (Å²) < 4.78 is 15.0. The topological polar surface area (TPSA) is 37.5 Å². The molecular weight excluding hydrogens is 219 g/mol. The number of aromatic nitrogens is 2. The molecule has 0 saturated heterocycles. The van der Waals surface area contributed by atoms with Crippen LogP contribution in [0.3, 0.4) is 0 Å². The molecule has 17 heavy (non-hydrogen) atoms. The Bertz CT molecular complexity index is 658. The van der Waals surface area contributed by atoms with Gasteiger partial charge in [-0.1, -0.05) is 6.07 Å². The van der Waals surface area contributed by atoms with Crippen molar-refractivity contribution >= 4 is 5.65 Å². The molecule has 1 aromatic carbocycles. The van der Waals surface area contributed by atoms with Gasteiger partial charge in [0.05, 0.1) is 5.69 Å². The van der Waals surface area contributed by atoms with Gasteiger partial charge < -0.3 is 9.51 Å². The summed E-state index contributed by atoms with van der Waals surface area (Å²) in [7, 11) is 0. The molecule has 2 aromatic heterocycles. The predicted molar refractivity (Wildman–Crippen MR) is 62.3 cm³/mol. The Labute approximate surface area is 96.8 Å². The molecule has 3 aromatic rings. The summed E-state index contributed by atoms with van der Waals surface area (Å²) in [5.74, 6) is -0.371. The first-order chi connectivity index (χ1) is 8.24. The van der Waals surface area contributed by atoms with Gasteiger partial charge >= 0.3 is 0 Å². The number of phenolic OH excluding ortho intramolecular Hbond substituents is 1. The molecule has 0 unspecified atom stereocenters. The Hall–Kier alpha value is -2.36. The zero-order chi connectivity index (χ0) is 11.8. The Balaban J connectivity index is 2.23. The molecule has 4 heteroatoms. The van der Waals surface area contributed by atoms with Crippen molar-refractivity contribution in [3.05, 3.63) is 54.6 Å². The number of imidazole rings is 1. The highest BCUT2D eigenvalue weighted by Gasteiger charge is 2.09. The molecular formula is C13H9FN2O. The zero-order valence-corrected chi connectivity index (χ0v) is 8.84. The smallest absolute Gasteiger partial charge is 0.137 e. The van der Waals surface area contributed by atoms with Crippen LogP contribution in [-0.2, 0) is 0 Å². The number of phenols is 1. The molecule has 0 bridgehead atoms. The molecule has 0 aliphatic heterocycles. The number of hydrogen-bond donors (Lipinski definition) is 1. The monoisotopic (exact) mass is 228 g/mol. The molecule has 0 aliphatic carbocycles. The van der Waals surface area contributed by atoms with Crippen molar-refractivity contribution in [2.75, 3.05) is 0 Å². The lowest BCUT2D eigenvalue weighted by molar-refractivity contribution is 0.475. The van der Waals surface area contributed by atoms with Crippen LogP contribution >= 0.6 is 0 Å². The number of aromatic hydroxyl groups is 1. The summed E-state index contributed by atoms with van der Waals surface area (Å²) in [6.45, 7) is 0. The van der Waals surface area contributed by atoms with Gasteiger partial charge in [0.15, 0.2) is 0 Å². The Morgan fingerprint density at radius 1 is 1.18 bits per heavy atom. The van der Waals surface area contributed by atoms with Gasteiger partial charge in [0, 0.05) is 18.0 Å². The highest BCUT2D eigenvalue weighted by Crippen LogP contribution is 2.28. The SMILES string of the molecule is Oc1ccc(F)cc1-c1cn2ccccc2n1. The van der Waals surface area contributed by atoms with Gasteiger partial charge in [-0.25, -0.2) is 9.37 Å². The first-order valence-corrected chi connectivity index (χ1v) is 5.17. The fourth-order valence-electron chi connectivity index (χ4n) is 1.78. The van der Waals surface area contributed by atoms with Gasteiger partial charge in [-0.3, -0.25) is 0 Å². The fraction of sp³-hybridized carbons (Fsp3) is 0. The molecule has 3 rings (SSSR count). The minimum absolute atomic E-state index is 0.0230. The summed E-state index contributed by atoms with van der Waals surface area (Å²) in [6, 6.07) is 9.42. The molecule has 0 amide bonds. The average Bonchev–Trinajstić information content (AvgIpc) is 2.75. The average molecular weight is 228 g/mol. The highest BCUT2D eigenvalue weighted by atomic mass is 19.1. The van der Waals surface area contributed by atoms with E-state index in [1.807, 2.05) is 28.8 Å². The number of fused-ring (bicyclic) bond motifs is 1. The highest BCUT2D eigenvalue weighted by molar-refractivity contribution is 5.68. The first kappa shape index (κ1) is 9.84. The quantitative estimate of drug-likeness (QED) is 0.695. The number of pyridine rings is 1. The maximum Gasteiger partial charge on any atom is 0.137 e. The van der Waals surface area contributed by atoms with Crippen molar-refractivity contribution in [2.24, 2.45) is 0 Å². The summed E-state index contributed by atoms with van der Waals surface area (Å²) in [5.41, 5.74) is 1.70. The van der Waals surface area contributed by atoms with Gasteiger partial charge in [0.2, 0.25) is 0 Å². The van der Waals surface area contributed by atoms with E-state index < -0.39 is 5.82 Å². The standard InChI is InChI=1S/C13H9FN2O/c14-9-4-5-12(17)10(7-9)11-8-16-6-2-1-3-13(16)15-11/h1-8,17H. The molecule has 3 nitrogen and oxygen atoms in total. The van der Waals surface area contributed by atoms with Crippen molar-refractivity contribution in [3.63, 3.8) is 0 Å². The lowest BCUT2D eigenvalue weighted by Crippen LogP contribution is -1.81. The number of halogens is 1. The largest absolute Gasteiger partial charge is 0.507 e. The van der Waals surface area contributed by atoms with E-state index in [9.17, 15) is 9.50 Å². The van der Waals surface area contributed by atoms with Crippen molar-refractivity contribution in [2.45, 2.75) is 0 Å². The maximum atomic E-state index is 13.1. The number of hydrogen-bond acceptors (Lipinski definition) is 2. The van der Waals surface area contributed by atoms with Gasteiger partial charge in [-0.15, -0.1) is 0 Å². The summed E-state index contributed by atoms with van der Waals surface area (Å²) in [5, 5.41) is 9.70. The van der Waals surface area contributed by atoms with Gasteiger partial charge in [-0.05, 0) is 30.3 Å². The van der Waals surface area contributed by atoms with Crippen LogP contribution in [0.2, 0.25) is 0 Å². The minimum Gasteiger partial charge on any atom is -0.507 e. The number of rotatable bonds is 1. The van der Waals surface area contributed by atoms with Gasteiger partial charge in [0.1, 0.15) is 17.2 Å². The third-order valence-corrected chi connectivity index (χ3v) is 2.60. The van der Waals surface area contributed by atoms with Crippen LogP contribution in [0, 0.1) is 5.82 Å². The molecule has 0 aliphatic rings.